The summed E-state index contributed by atoms with van der Waals surface area (Å²) in [6, 6.07) is 9.58. The number of hydrogen-bond acceptors (Lipinski definition) is 5. The number of methoxy groups -OCH3 is 1. The van der Waals surface area contributed by atoms with Crippen molar-refractivity contribution in [2.24, 2.45) is 0 Å². The van der Waals surface area contributed by atoms with Gasteiger partial charge >= 0.3 is 5.97 Å². The molecule has 0 spiro atoms. The van der Waals surface area contributed by atoms with Crippen LogP contribution in [0.2, 0.25) is 0 Å². The third kappa shape index (κ3) is 2.44. The van der Waals surface area contributed by atoms with Crippen LogP contribution in [0.3, 0.4) is 0 Å². The average molecular weight is 272 g/mol. The number of nitrogens with one attached hydrogen (secondary N) is 1. The molecule has 1 aromatic heterocycles. The van der Waals surface area contributed by atoms with Crippen LogP contribution in [0.25, 0.3) is 11.3 Å². The minimum atomic E-state index is -0.267. The van der Waals surface area contributed by atoms with Gasteiger partial charge in [-0.25, -0.2) is 4.98 Å². The molecule has 104 valence electrons. The molecule has 1 N–H and O–H groups in total. The van der Waals surface area contributed by atoms with Crippen molar-refractivity contribution >= 4 is 5.97 Å². The molecule has 0 saturated carbocycles. The fourth-order valence-electron chi connectivity index (χ4n) is 2.46. The number of carbonyl (C=O) groups excluding carboxylic acids is 1. The van der Waals surface area contributed by atoms with Gasteiger partial charge in [-0.1, -0.05) is 30.3 Å². The Hall–Kier alpha value is -2.14. The molecule has 0 bridgehead atoms. The summed E-state index contributed by atoms with van der Waals surface area (Å²) < 4.78 is 10.6. The van der Waals surface area contributed by atoms with E-state index in [-0.39, 0.29) is 17.9 Å². The molecule has 2 aromatic rings. The lowest BCUT2D eigenvalue weighted by molar-refractivity contribution is -0.142. The maximum atomic E-state index is 11.5. The fourth-order valence-corrected chi connectivity index (χ4v) is 2.46. The maximum absolute atomic E-state index is 11.5. The van der Waals surface area contributed by atoms with Gasteiger partial charge in [0.15, 0.2) is 11.7 Å². The zero-order valence-corrected chi connectivity index (χ0v) is 11.2. The third-order valence-corrected chi connectivity index (χ3v) is 3.55. The van der Waals surface area contributed by atoms with E-state index < -0.39 is 0 Å². The summed E-state index contributed by atoms with van der Waals surface area (Å²) >= 11 is 0. The Balaban J connectivity index is 1.74. The number of esters is 1. The standard InChI is InChI=1S/C15H16N2O3/c1-19-15(18)12-7-11(8-16-12)14-17-9-13(20-14)10-5-3-2-4-6-10/h2-6,9,11-12,16H,7-8H2,1H3. The van der Waals surface area contributed by atoms with Crippen molar-refractivity contribution in [3.63, 3.8) is 0 Å². The first-order valence-corrected chi connectivity index (χ1v) is 6.60. The number of aromatic nitrogens is 1. The van der Waals surface area contributed by atoms with E-state index in [2.05, 4.69) is 10.3 Å². The summed E-state index contributed by atoms with van der Waals surface area (Å²) in [7, 11) is 1.40. The largest absolute Gasteiger partial charge is 0.468 e. The van der Waals surface area contributed by atoms with Crippen LogP contribution in [0.4, 0.5) is 0 Å². The van der Waals surface area contributed by atoms with Crippen LogP contribution < -0.4 is 5.32 Å². The van der Waals surface area contributed by atoms with Gasteiger partial charge in [-0.15, -0.1) is 0 Å². The lowest BCUT2D eigenvalue weighted by atomic mass is 10.1. The Labute approximate surface area is 117 Å². The van der Waals surface area contributed by atoms with Gasteiger partial charge in [0.05, 0.1) is 19.2 Å². The van der Waals surface area contributed by atoms with Crippen LogP contribution >= 0.6 is 0 Å². The van der Waals surface area contributed by atoms with Crippen molar-refractivity contribution in [3.8, 4) is 11.3 Å². The highest BCUT2D eigenvalue weighted by Crippen LogP contribution is 2.29. The topological polar surface area (TPSA) is 64.4 Å². The van der Waals surface area contributed by atoms with Crippen molar-refractivity contribution in [2.45, 2.75) is 18.4 Å². The zero-order valence-electron chi connectivity index (χ0n) is 11.2. The van der Waals surface area contributed by atoms with Gasteiger partial charge in [-0.3, -0.25) is 4.79 Å². The third-order valence-electron chi connectivity index (χ3n) is 3.55. The summed E-state index contributed by atoms with van der Waals surface area (Å²) in [6.07, 6.45) is 2.39. The number of benzene rings is 1. The zero-order chi connectivity index (χ0) is 13.9. The second-order valence-corrected chi connectivity index (χ2v) is 4.85. The Bertz CT molecular complexity index is 594. The molecule has 1 saturated heterocycles. The minimum absolute atomic E-state index is 0.108. The van der Waals surface area contributed by atoms with Crippen LogP contribution in [0.5, 0.6) is 0 Å². The predicted molar refractivity (Wildman–Crippen MR) is 73.1 cm³/mol. The number of nitrogens with zero attached hydrogens (tertiary/aromatic N) is 1. The molecule has 0 aliphatic carbocycles. The molecule has 0 radical (unpaired) electrons. The first-order chi connectivity index (χ1) is 9.78. The van der Waals surface area contributed by atoms with Crippen molar-refractivity contribution in [1.29, 1.82) is 0 Å². The Morgan fingerprint density at radius 2 is 2.20 bits per heavy atom. The van der Waals surface area contributed by atoms with Crippen LogP contribution in [-0.4, -0.2) is 30.6 Å². The molecule has 5 heteroatoms. The molecule has 2 atom stereocenters. The van der Waals surface area contributed by atoms with Gasteiger partial charge < -0.3 is 14.5 Å². The van der Waals surface area contributed by atoms with E-state index >= 15 is 0 Å². The predicted octanol–water partition coefficient (Wildman–Crippen LogP) is 1.96. The average Bonchev–Trinajstić information content (AvgIpc) is 3.16. The molecule has 5 nitrogen and oxygen atoms in total. The van der Waals surface area contributed by atoms with Crippen LogP contribution in [0, 0.1) is 0 Å². The smallest absolute Gasteiger partial charge is 0.322 e. The maximum Gasteiger partial charge on any atom is 0.322 e. The van der Waals surface area contributed by atoms with Crippen LogP contribution in [-0.2, 0) is 9.53 Å². The number of hydrogen-bond donors (Lipinski definition) is 1. The Morgan fingerprint density at radius 1 is 1.40 bits per heavy atom. The van der Waals surface area contributed by atoms with E-state index in [4.69, 9.17) is 9.15 Å². The van der Waals surface area contributed by atoms with Gasteiger partial charge in [0, 0.05) is 12.1 Å². The molecule has 1 aromatic carbocycles. The number of oxazole rings is 1. The second-order valence-electron chi connectivity index (χ2n) is 4.85. The highest BCUT2D eigenvalue weighted by molar-refractivity contribution is 5.76. The van der Waals surface area contributed by atoms with Crippen LogP contribution in [0.15, 0.2) is 40.9 Å². The molecule has 1 fully saturated rings. The summed E-state index contributed by atoms with van der Waals surface area (Å²) in [5.74, 6) is 1.30. The number of rotatable bonds is 3. The Morgan fingerprint density at radius 3 is 2.95 bits per heavy atom. The van der Waals surface area contributed by atoms with Gasteiger partial charge in [0.1, 0.15) is 6.04 Å². The molecule has 1 aliphatic rings. The molecule has 3 rings (SSSR count). The normalized spacial score (nSPS) is 21.9. The first-order valence-electron chi connectivity index (χ1n) is 6.60. The number of carbonyl (C=O) groups is 1. The van der Waals surface area contributed by atoms with Gasteiger partial charge in [-0.2, -0.15) is 0 Å². The first kappa shape index (κ1) is 12.9. The molecule has 0 amide bonds. The van der Waals surface area contributed by atoms with Crippen LogP contribution in [0.1, 0.15) is 18.2 Å². The molecule has 20 heavy (non-hydrogen) atoms. The highest BCUT2D eigenvalue weighted by atomic mass is 16.5. The quantitative estimate of drug-likeness (QED) is 0.865. The Kier molecular flexibility index (Phi) is 3.52. The number of ether oxygens (including phenoxy) is 1. The SMILES string of the molecule is COC(=O)C1CC(c2ncc(-c3ccccc3)o2)CN1. The lowest BCUT2D eigenvalue weighted by Gasteiger charge is -2.06. The minimum Gasteiger partial charge on any atom is -0.468 e. The van der Waals surface area contributed by atoms with E-state index in [1.807, 2.05) is 30.3 Å². The monoisotopic (exact) mass is 272 g/mol. The van der Waals surface area contributed by atoms with E-state index in [9.17, 15) is 4.79 Å². The van der Waals surface area contributed by atoms with E-state index in [0.717, 1.165) is 11.3 Å². The lowest BCUT2D eigenvalue weighted by Crippen LogP contribution is -2.31. The summed E-state index contributed by atoms with van der Waals surface area (Å²) in [5.41, 5.74) is 1.00. The van der Waals surface area contributed by atoms with Gasteiger partial charge in [0.25, 0.3) is 0 Å². The molecule has 2 unspecified atom stereocenters. The van der Waals surface area contributed by atoms with E-state index in [1.165, 1.54) is 7.11 Å². The van der Waals surface area contributed by atoms with E-state index in [1.54, 1.807) is 6.20 Å². The summed E-state index contributed by atoms with van der Waals surface area (Å²) in [4.78, 5) is 15.8. The fraction of sp³-hybridized carbons (Fsp3) is 0.333. The van der Waals surface area contributed by atoms with Gasteiger partial charge in [0.2, 0.25) is 0 Å². The van der Waals surface area contributed by atoms with Gasteiger partial charge in [-0.05, 0) is 6.42 Å². The van der Waals surface area contributed by atoms with Crippen molar-refractivity contribution in [1.82, 2.24) is 10.3 Å². The molecule has 2 heterocycles. The summed E-state index contributed by atoms with van der Waals surface area (Å²) in [6.45, 7) is 0.675. The van der Waals surface area contributed by atoms with Crippen molar-refractivity contribution in [2.75, 3.05) is 13.7 Å². The molecule has 1 aliphatic heterocycles. The van der Waals surface area contributed by atoms with E-state index in [0.29, 0.717) is 18.9 Å². The van der Waals surface area contributed by atoms with Crippen molar-refractivity contribution < 1.29 is 13.9 Å². The summed E-state index contributed by atoms with van der Waals surface area (Å²) in [5, 5.41) is 3.13. The van der Waals surface area contributed by atoms with Crippen molar-refractivity contribution in [3.05, 3.63) is 42.4 Å². The molecular formula is C15H16N2O3. The second kappa shape index (κ2) is 5.46. The highest BCUT2D eigenvalue weighted by Gasteiger charge is 2.33. The molecular weight excluding hydrogens is 256 g/mol.